The minimum Gasteiger partial charge on any atom is -0.465 e. The number of carboxylic acid groups (broad SMARTS) is 1. The number of carbonyl (C=O) groups is 2. The molecule has 2 aromatic carbocycles. The molecule has 2 amide bonds. The minimum atomic E-state index is -3.58. The van der Waals surface area contributed by atoms with Crippen molar-refractivity contribution in [2.24, 2.45) is 0 Å². The lowest BCUT2D eigenvalue weighted by Gasteiger charge is -2.32. The summed E-state index contributed by atoms with van der Waals surface area (Å²) >= 11 is 0. The van der Waals surface area contributed by atoms with E-state index in [-0.39, 0.29) is 16.8 Å². The maximum atomic E-state index is 12.9. The van der Waals surface area contributed by atoms with Gasteiger partial charge >= 0.3 is 6.09 Å². The molecular formula is C22H28N4O5S. The Labute approximate surface area is 187 Å². The van der Waals surface area contributed by atoms with Crippen LogP contribution in [0.25, 0.3) is 0 Å². The smallest absolute Gasteiger partial charge is 0.404 e. The van der Waals surface area contributed by atoms with Crippen molar-refractivity contribution < 1.29 is 23.1 Å². The van der Waals surface area contributed by atoms with E-state index in [0.29, 0.717) is 44.6 Å². The molecule has 1 saturated heterocycles. The second-order valence-corrected chi connectivity index (χ2v) is 9.65. The number of nitrogens with zero attached hydrogens (tertiary/aromatic N) is 1. The fraction of sp³-hybridized carbons (Fsp3) is 0.364. The van der Waals surface area contributed by atoms with Crippen LogP contribution in [0.15, 0.2) is 53.4 Å². The summed E-state index contributed by atoms with van der Waals surface area (Å²) in [5, 5.41) is 17.0. The summed E-state index contributed by atoms with van der Waals surface area (Å²) in [4.78, 5) is 21.8. The third kappa shape index (κ3) is 6.44. The Kier molecular flexibility index (Phi) is 7.70. The second-order valence-electron chi connectivity index (χ2n) is 7.71. The largest absolute Gasteiger partial charge is 0.465 e. The molecule has 0 spiro atoms. The van der Waals surface area contributed by atoms with Gasteiger partial charge in [-0.2, -0.15) is 4.31 Å². The van der Waals surface area contributed by atoms with E-state index in [4.69, 9.17) is 5.11 Å². The summed E-state index contributed by atoms with van der Waals surface area (Å²) in [7, 11) is -3.58. The predicted molar refractivity (Wildman–Crippen MR) is 122 cm³/mol. The van der Waals surface area contributed by atoms with Crippen molar-refractivity contribution in [3.8, 4) is 0 Å². The lowest BCUT2D eigenvalue weighted by molar-refractivity contribution is -0.114. The molecule has 0 bridgehead atoms. The zero-order valence-corrected chi connectivity index (χ0v) is 18.7. The van der Waals surface area contributed by atoms with Crippen LogP contribution in [0.2, 0.25) is 0 Å². The Morgan fingerprint density at radius 3 is 2.16 bits per heavy atom. The van der Waals surface area contributed by atoms with Gasteiger partial charge in [-0.15, -0.1) is 0 Å². The van der Waals surface area contributed by atoms with Gasteiger partial charge in [-0.3, -0.25) is 4.79 Å². The SMILES string of the molecule is CC(=O)Nc1ccc(S(=O)(=O)N2CCC(Nc3ccc(CCNC(=O)O)cc3)CC2)cc1. The van der Waals surface area contributed by atoms with E-state index >= 15 is 0 Å². The maximum Gasteiger partial charge on any atom is 0.404 e. The molecule has 2 aromatic rings. The Bertz CT molecular complexity index is 1030. The van der Waals surface area contributed by atoms with E-state index in [2.05, 4.69) is 16.0 Å². The van der Waals surface area contributed by atoms with E-state index < -0.39 is 16.1 Å². The van der Waals surface area contributed by atoms with Crippen LogP contribution in [0.3, 0.4) is 0 Å². The van der Waals surface area contributed by atoms with E-state index in [1.54, 1.807) is 12.1 Å². The number of hydrogen-bond donors (Lipinski definition) is 4. The number of amides is 2. The molecule has 1 heterocycles. The Hall–Kier alpha value is -3.11. The van der Waals surface area contributed by atoms with Crippen LogP contribution in [-0.4, -0.2) is 55.5 Å². The summed E-state index contributed by atoms with van der Waals surface area (Å²) in [6.45, 7) is 2.61. The number of benzene rings is 2. The molecular weight excluding hydrogens is 432 g/mol. The number of carbonyl (C=O) groups excluding carboxylic acids is 1. The fourth-order valence-corrected chi connectivity index (χ4v) is 5.09. The normalized spacial score (nSPS) is 15.2. The molecule has 1 aliphatic heterocycles. The molecule has 32 heavy (non-hydrogen) atoms. The Morgan fingerprint density at radius 1 is 1.00 bits per heavy atom. The molecule has 0 aromatic heterocycles. The summed E-state index contributed by atoms with van der Waals surface area (Å²) in [6, 6.07) is 14.2. The van der Waals surface area contributed by atoms with E-state index in [0.717, 1.165) is 11.3 Å². The summed E-state index contributed by atoms with van der Waals surface area (Å²) < 4.78 is 27.4. The molecule has 9 nitrogen and oxygen atoms in total. The topological polar surface area (TPSA) is 128 Å². The van der Waals surface area contributed by atoms with Crippen molar-refractivity contribution in [1.82, 2.24) is 9.62 Å². The maximum absolute atomic E-state index is 12.9. The molecule has 172 valence electrons. The highest BCUT2D eigenvalue weighted by molar-refractivity contribution is 7.89. The average Bonchev–Trinajstić information content (AvgIpc) is 2.75. The minimum absolute atomic E-state index is 0.170. The number of hydrogen-bond acceptors (Lipinski definition) is 5. The lowest BCUT2D eigenvalue weighted by Crippen LogP contribution is -2.42. The van der Waals surface area contributed by atoms with Crippen molar-refractivity contribution in [3.05, 3.63) is 54.1 Å². The summed E-state index contributed by atoms with van der Waals surface area (Å²) in [5.41, 5.74) is 2.55. The van der Waals surface area contributed by atoms with Crippen LogP contribution in [0, 0.1) is 0 Å². The van der Waals surface area contributed by atoms with E-state index in [1.807, 2.05) is 24.3 Å². The Morgan fingerprint density at radius 2 is 1.59 bits per heavy atom. The zero-order valence-electron chi connectivity index (χ0n) is 17.9. The summed E-state index contributed by atoms with van der Waals surface area (Å²) in [5.74, 6) is -0.208. The van der Waals surface area contributed by atoms with Gasteiger partial charge in [-0.25, -0.2) is 13.2 Å². The Balaban J connectivity index is 1.51. The number of rotatable bonds is 8. The van der Waals surface area contributed by atoms with Crippen molar-refractivity contribution in [1.29, 1.82) is 0 Å². The molecule has 0 unspecified atom stereocenters. The molecule has 1 fully saturated rings. The number of nitrogens with one attached hydrogen (secondary N) is 3. The summed E-state index contributed by atoms with van der Waals surface area (Å²) in [6.07, 6.45) is 0.967. The first kappa shape index (κ1) is 23.6. The van der Waals surface area contributed by atoms with Crippen molar-refractivity contribution in [3.63, 3.8) is 0 Å². The van der Waals surface area contributed by atoms with Gasteiger partial charge in [-0.05, 0) is 61.2 Å². The number of sulfonamides is 1. The first-order valence-corrected chi connectivity index (χ1v) is 11.9. The van der Waals surface area contributed by atoms with Crippen molar-refractivity contribution >= 4 is 33.4 Å². The fourth-order valence-electron chi connectivity index (χ4n) is 3.62. The van der Waals surface area contributed by atoms with Gasteiger partial charge in [0.1, 0.15) is 0 Å². The third-order valence-corrected chi connectivity index (χ3v) is 7.19. The lowest BCUT2D eigenvalue weighted by atomic mass is 10.1. The molecule has 0 saturated carbocycles. The van der Waals surface area contributed by atoms with Crippen LogP contribution in [0.5, 0.6) is 0 Å². The third-order valence-electron chi connectivity index (χ3n) is 5.28. The predicted octanol–water partition coefficient (Wildman–Crippen LogP) is 2.72. The first-order valence-electron chi connectivity index (χ1n) is 10.4. The van der Waals surface area contributed by atoms with Crippen molar-refractivity contribution in [2.75, 3.05) is 30.3 Å². The molecule has 1 aliphatic rings. The second kappa shape index (κ2) is 10.5. The van der Waals surface area contributed by atoms with Crippen LogP contribution in [-0.2, 0) is 21.2 Å². The molecule has 3 rings (SSSR count). The van der Waals surface area contributed by atoms with E-state index in [1.165, 1.54) is 23.4 Å². The van der Waals surface area contributed by atoms with Gasteiger partial charge in [0.15, 0.2) is 0 Å². The molecule has 0 radical (unpaired) electrons. The van der Waals surface area contributed by atoms with Gasteiger partial charge < -0.3 is 21.1 Å². The first-order chi connectivity index (χ1) is 15.2. The number of piperidine rings is 1. The van der Waals surface area contributed by atoms with Gasteiger partial charge in [-0.1, -0.05) is 12.1 Å². The van der Waals surface area contributed by atoms with Gasteiger partial charge in [0.05, 0.1) is 4.90 Å². The molecule has 0 atom stereocenters. The van der Waals surface area contributed by atoms with Gasteiger partial charge in [0, 0.05) is 44.0 Å². The molecule has 10 heteroatoms. The highest BCUT2D eigenvalue weighted by Gasteiger charge is 2.29. The highest BCUT2D eigenvalue weighted by atomic mass is 32.2. The van der Waals surface area contributed by atoms with Crippen LogP contribution >= 0.6 is 0 Å². The van der Waals surface area contributed by atoms with Gasteiger partial charge in [0.2, 0.25) is 15.9 Å². The van der Waals surface area contributed by atoms with Crippen LogP contribution < -0.4 is 16.0 Å². The van der Waals surface area contributed by atoms with Gasteiger partial charge in [0.25, 0.3) is 0 Å². The van der Waals surface area contributed by atoms with Crippen molar-refractivity contribution in [2.45, 2.75) is 37.1 Å². The van der Waals surface area contributed by atoms with Crippen LogP contribution in [0.1, 0.15) is 25.3 Å². The molecule has 4 N–H and O–H groups in total. The zero-order chi connectivity index (χ0) is 23.1. The highest BCUT2D eigenvalue weighted by Crippen LogP contribution is 2.24. The quantitative estimate of drug-likeness (QED) is 0.480. The average molecular weight is 461 g/mol. The monoisotopic (exact) mass is 460 g/mol. The molecule has 0 aliphatic carbocycles. The van der Waals surface area contributed by atoms with E-state index in [9.17, 15) is 18.0 Å². The standard InChI is InChI=1S/C22H28N4O5S/c1-16(27)24-18-6-8-21(9-7-18)32(30,31)26-14-11-20(12-15-26)25-19-4-2-17(3-5-19)10-13-23-22(28)29/h2-9,20,23,25H,10-15H2,1H3,(H,24,27)(H,28,29). The van der Waals surface area contributed by atoms with Crippen LogP contribution in [0.4, 0.5) is 16.2 Å². The number of anilines is 2.